The number of aryl methyl sites for hydroxylation is 1. The van der Waals surface area contributed by atoms with Crippen molar-refractivity contribution in [3.63, 3.8) is 0 Å². The highest BCUT2D eigenvalue weighted by atomic mass is 32.1. The first-order chi connectivity index (χ1) is 7.18. The average Bonchev–Trinajstić information content (AvgIpc) is 2.44. The molecule has 1 fully saturated rings. The van der Waals surface area contributed by atoms with Gasteiger partial charge < -0.3 is 5.32 Å². The normalized spacial score (nSPS) is 16.1. The van der Waals surface area contributed by atoms with Crippen LogP contribution in [0.2, 0.25) is 0 Å². The number of nitrogens with one attached hydrogen (secondary N) is 1. The van der Waals surface area contributed by atoms with E-state index in [-0.39, 0.29) is 5.78 Å². The Morgan fingerprint density at radius 3 is 2.87 bits per heavy atom. The Balaban J connectivity index is 2.03. The lowest BCUT2D eigenvalue weighted by molar-refractivity contribution is 0.101. The molecular formula is C11H16N2OS. The maximum Gasteiger partial charge on any atom is 0.164 e. The summed E-state index contributed by atoms with van der Waals surface area (Å²) in [5.74, 6) is 0.907. The SMILES string of the molecule is CC(=O)c1c(C)nsc1NCC1CCC1. The third-order valence-electron chi connectivity index (χ3n) is 2.99. The van der Waals surface area contributed by atoms with E-state index in [1.165, 1.54) is 30.8 Å². The molecule has 2 rings (SSSR count). The van der Waals surface area contributed by atoms with Gasteiger partial charge in [-0.25, -0.2) is 0 Å². The second-order valence-corrected chi connectivity index (χ2v) is 4.98. The number of hydrogen-bond acceptors (Lipinski definition) is 4. The lowest BCUT2D eigenvalue weighted by Gasteiger charge is -2.25. The average molecular weight is 224 g/mol. The summed E-state index contributed by atoms with van der Waals surface area (Å²) in [5.41, 5.74) is 1.63. The molecule has 0 radical (unpaired) electrons. The molecule has 1 aromatic rings. The predicted molar refractivity (Wildman–Crippen MR) is 62.7 cm³/mol. The second-order valence-electron chi connectivity index (χ2n) is 4.21. The molecule has 0 bridgehead atoms. The van der Waals surface area contributed by atoms with E-state index in [0.717, 1.165) is 28.7 Å². The van der Waals surface area contributed by atoms with Gasteiger partial charge in [-0.15, -0.1) is 0 Å². The Morgan fingerprint density at radius 1 is 1.60 bits per heavy atom. The number of aromatic nitrogens is 1. The predicted octanol–water partition coefficient (Wildman–Crippen LogP) is 2.87. The molecule has 0 aromatic carbocycles. The smallest absolute Gasteiger partial charge is 0.164 e. The highest BCUT2D eigenvalue weighted by Crippen LogP contribution is 2.29. The molecule has 1 saturated carbocycles. The van der Waals surface area contributed by atoms with Gasteiger partial charge in [0.15, 0.2) is 5.78 Å². The fourth-order valence-electron chi connectivity index (χ4n) is 1.84. The van der Waals surface area contributed by atoms with Gasteiger partial charge in [-0.2, -0.15) is 4.37 Å². The fraction of sp³-hybridized carbons (Fsp3) is 0.636. The highest BCUT2D eigenvalue weighted by Gasteiger charge is 2.19. The van der Waals surface area contributed by atoms with Crippen molar-refractivity contribution in [1.82, 2.24) is 4.37 Å². The van der Waals surface area contributed by atoms with Gasteiger partial charge in [0.1, 0.15) is 5.00 Å². The van der Waals surface area contributed by atoms with E-state index < -0.39 is 0 Å². The van der Waals surface area contributed by atoms with Gasteiger partial charge in [-0.05, 0) is 44.1 Å². The van der Waals surface area contributed by atoms with Crippen LogP contribution in [0.15, 0.2) is 0 Å². The van der Waals surface area contributed by atoms with Crippen LogP contribution in [-0.2, 0) is 0 Å². The maximum absolute atomic E-state index is 11.4. The van der Waals surface area contributed by atoms with Crippen LogP contribution in [0.25, 0.3) is 0 Å². The Labute approximate surface area is 94.1 Å². The molecule has 3 nitrogen and oxygen atoms in total. The summed E-state index contributed by atoms with van der Waals surface area (Å²) in [6, 6.07) is 0. The van der Waals surface area contributed by atoms with Crippen LogP contribution in [0.1, 0.15) is 42.2 Å². The molecule has 82 valence electrons. The lowest BCUT2D eigenvalue weighted by atomic mass is 9.85. The van der Waals surface area contributed by atoms with Crippen molar-refractivity contribution in [1.29, 1.82) is 0 Å². The number of hydrogen-bond donors (Lipinski definition) is 1. The van der Waals surface area contributed by atoms with Gasteiger partial charge in [0.05, 0.1) is 11.3 Å². The van der Waals surface area contributed by atoms with E-state index in [1.54, 1.807) is 6.92 Å². The van der Waals surface area contributed by atoms with Gasteiger partial charge in [0.2, 0.25) is 0 Å². The Morgan fingerprint density at radius 2 is 2.33 bits per heavy atom. The summed E-state index contributed by atoms with van der Waals surface area (Å²) < 4.78 is 4.22. The number of ketones is 1. The number of carbonyl (C=O) groups is 1. The Bertz CT molecular complexity index is 369. The first kappa shape index (κ1) is 10.6. The van der Waals surface area contributed by atoms with Crippen molar-refractivity contribution in [2.75, 3.05) is 11.9 Å². The van der Waals surface area contributed by atoms with E-state index in [4.69, 9.17) is 0 Å². The van der Waals surface area contributed by atoms with Crippen molar-refractivity contribution in [2.24, 2.45) is 5.92 Å². The molecule has 1 aliphatic carbocycles. The zero-order chi connectivity index (χ0) is 10.8. The number of Topliss-reactive ketones (excluding diaryl/α,β-unsaturated/α-hetero) is 1. The van der Waals surface area contributed by atoms with Crippen molar-refractivity contribution in [2.45, 2.75) is 33.1 Å². The summed E-state index contributed by atoms with van der Waals surface area (Å²) in [4.78, 5) is 11.4. The monoisotopic (exact) mass is 224 g/mol. The minimum atomic E-state index is 0.109. The number of rotatable bonds is 4. The van der Waals surface area contributed by atoms with Crippen LogP contribution in [-0.4, -0.2) is 16.7 Å². The Hall–Kier alpha value is -0.900. The number of nitrogens with zero attached hydrogens (tertiary/aromatic N) is 1. The fourth-order valence-corrected chi connectivity index (χ4v) is 2.69. The summed E-state index contributed by atoms with van der Waals surface area (Å²) >= 11 is 1.40. The molecule has 1 N–H and O–H groups in total. The quantitative estimate of drug-likeness (QED) is 0.800. The molecular weight excluding hydrogens is 208 g/mol. The lowest BCUT2D eigenvalue weighted by Crippen LogP contribution is -2.21. The molecule has 1 heterocycles. The van der Waals surface area contributed by atoms with Crippen molar-refractivity contribution >= 4 is 22.3 Å². The summed E-state index contributed by atoms with van der Waals surface area (Å²) in [6.07, 6.45) is 3.99. The van der Waals surface area contributed by atoms with E-state index in [2.05, 4.69) is 9.69 Å². The first-order valence-corrected chi connectivity index (χ1v) is 6.17. The van der Waals surface area contributed by atoms with Gasteiger partial charge in [0, 0.05) is 6.54 Å². The highest BCUT2D eigenvalue weighted by molar-refractivity contribution is 7.10. The Kier molecular flexibility index (Phi) is 3.05. The summed E-state index contributed by atoms with van der Waals surface area (Å²) in [5, 5.41) is 4.30. The topological polar surface area (TPSA) is 42.0 Å². The molecule has 1 aromatic heterocycles. The van der Waals surface area contributed by atoms with E-state index in [0.29, 0.717) is 0 Å². The van der Waals surface area contributed by atoms with Crippen LogP contribution in [0.5, 0.6) is 0 Å². The standard InChI is InChI=1S/C11H16N2OS/c1-7-10(8(2)14)11(15-13-7)12-6-9-4-3-5-9/h9,12H,3-6H2,1-2H3. The molecule has 0 atom stereocenters. The molecule has 0 saturated heterocycles. The molecule has 0 amide bonds. The van der Waals surface area contributed by atoms with Crippen molar-refractivity contribution in [3.8, 4) is 0 Å². The zero-order valence-electron chi connectivity index (χ0n) is 9.17. The van der Waals surface area contributed by atoms with E-state index in [1.807, 2.05) is 6.92 Å². The summed E-state index contributed by atoms with van der Waals surface area (Å²) in [6.45, 7) is 4.48. The van der Waals surface area contributed by atoms with Crippen LogP contribution in [0.4, 0.5) is 5.00 Å². The number of anilines is 1. The van der Waals surface area contributed by atoms with Crippen LogP contribution in [0, 0.1) is 12.8 Å². The minimum absolute atomic E-state index is 0.109. The molecule has 1 aliphatic rings. The number of carbonyl (C=O) groups excluding carboxylic acids is 1. The van der Waals surface area contributed by atoms with E-state index >= 15 is 0 Å². The van der Waals surface area contributed by atoms with Gasteiger partial charge >= 0.3 is 0 Å². The summed E-state index contributed by atoms with van der Waals surface area (Å²) in [7, 11) is 0. The van der Waals surface area contributed by atoms with Crippen molar-refractivity contribution < 1.29 is 4.79 Å². The molecule has 4 heteroatoms. The molecule has 0 unspecified atom stereocenters. The van der Waals surface area contributed by atoms with Gasteiger partial charge in [-0.3, -0.25) is 4.79 Å². The van der Waals surface area contributed by atoms with Crippen LogP contribution >= 0.6 is 11.5 Å². The van der Waals surface area contributed by atoms with Gasteiger partial charge in [0.25, 0.3) is 0 Å². The van der Waals surface area contributed by atoms with E-state index in [9.17, 15) is 4.79 Å². The zero-order valence-corrected chi connectivity index (χ0v) is 9.99. The first-order valence-electron chi connectivity index (χ1n) is 5.39. The van der Waals surface area contributed by atoms with Crippen LogP contribution < -0.4 is 5.32 Å². The molecule has 0 aliphatic heterocycles. The maximum atomic E-state index is 11.4. The van der Waals surface area contributed by atoms with Crippen molar-refractivity contribution in [3.05, 3.63) is 11.3 Å². The molecule has 15 heavy (non-hydrogen) atoms. The minimum Gasteiger partial charge on any atom is -0.375 e. The third kappa shape index (κ3) is 2.20. The largest absolute Gasteiger partial charge is 0.375 e. The second kappa shape index (κ2) is 4.31. The van der Waals surface area contributed by atoms with Gasteiger partial charge in [-0.1, -0.05) is 6.42 Å². The van der Waals surface area contributed by atoms with Crippen LogP contribution in [0.3, 0.4) is 0 Å². The third-order valence-corrected chi connectivity index (χ3v) is 3.89. The molecule has 0 spiro atoms.